The normalized spacial score (nSPS) is 16.4. The van der Waals surface area contributed by atoms with Gasteiger partial charge in [0.2, 0.25) is 11.8 Å². The fourth-order valence-corrected chi connectivity index (χ4v) is 3.28. The lowest BCUT2D eigenvalue weighted by Crippen LogP contribution is -2.28. The number of benzene rings is 2. The van der Waals surface area contributed by atoms with Gasteiger partial charge in [0.1, 0.15) is 17.3 Å². The van der Waals surface area contributed by atoms with Gasteiger partial charge in [-0.1, -0.05) is 15.9 Å². The molecule has 0 aliphatic carbocycles. The van der Waals surface area contributed by atoms with Crippen LogP contribution in [0, 0.1) is 11.7 Å². The van der Waals surface area contributed by atoms with Crippen LogP contribution in [0.5, 0.6) is 11.5 Å². The predicted molar refractivity (Wildman–Crippen MR) is 103 cm³/mol. The summed E-state index contributed by atoms with van der Waals surface area (Å²) >= 11 is 3.17. The average Bonchev–Trinajstić information content (AvgIpc) is 3.05. The monoisotopic (exact) mass is 436 g/mol. The summed E-state index contributed by atoms with van der Waals surface area (Å²) in [5, 5.41) is 2.55. The van der Waals surface area contributed by atoms with Crippen LogP contribution in [0.2, 0.25) is 0 Å². The quantitative estimate of drug-likeness (QED) is 0.777. The van der Waals surface area contributed by atoms with Gasteiger partial charge >= 0.3 is 0 Å². The summed E-state index contributed by atoms with van der Waals surface area (Å²) in [4.78, 5) is 26.5. The number of carbonyl (C=O) groups excluding carboxylic acids is 2. The van der Waals surface area contributed by atoms with Crippen molar-refractivity contribution in [1.82, 2.24) is 0 Å². The maximum Gasteiger partial charge on any atom is 0.229 e. The highest BCUT2D eigenvalue weighted by atomic mass is 79.9. The topological polar surface area (TPSA) is 67.9 Å². The van der Waals surface area contributed by atoms with E-state index in [1.807, 2.05) is 0 Å². The Balaban J connectivity index is 1.78. The number of nitrogens with one attached hydrogen (secondary N) is 1. The van der Waals surface area contributed by atoms with Gasteiger partial charge in [-0.25, -0.2) is 4.39 Å². The number of halogens is 2. The van der Waals surface area contributed by atoms with Crippen molar-refractivity contribution in [3.8, 4) is 11.5 Å². The fraction of sp³-hybridized carbons (Fsp3) is 0.263. The first kappa shape index (κ1) is 19.2. The van der Waals surface area contributed by atoms with Crippen molar-refractivity contribution in [2.45, 2.75) is 6.42 Å². The predicted octanol–water partition coefficient (Wildman–Crippen LogP) is 3.60. The maximum atomic E-state index is 13.9. The second kappa shape index (κ2) is 7.96. The van der Waals surface area contributed by atoms with Crippen LogP contribution >= 0.6 is 15.9 Å². The lowest BCUT2D eigenvalue weighted by Gasteiger charge is -2.20. The number of rotatable bonds is 5. The standard InChI is InChI=1S/C19H18BrFN2O4/c1-26-13-4-6-17(27-2)16(9-13)23-10-11(7-18(23)24)19(25)22-15-5-3-12(20)8-14(15)21/h3-6,8-9,11H,7,10H2,1-2H3,(H,22,25)/t11-/m1/s1. The Bertz CT molecular complexity index is 890. The SMILES string of the molecule is COc1ccc(OC)c(N2C[C@H](C(=O)Nc3ccc(Br)cc3F)CC2=O)c1. The van der Waals surface area contributed by atoms with Crippen LogP contribution in [0.1, 0.15) is 6.42 Å². The van der Waals surface area contributed by atoms with Crippen LogP contribution in [-0.4, -0.2) is 32.6 Å². The summed E-state index contributed by atoms with van der Waals surface area (Å²) in [7, 11) is 3.03. The molecule has 6 nitrogen and oxygen atoms in total. The summed E-state index contributed by atoms with van der Waals surface area (Å²) in [5.41, 5.74) is 0.611. The zero-order valence-corrected chi connectivity index (χ0v) is 16.4. The van der Waals surface area contributed by atoms with Crippen LogP contribution < -0.4 is 19.7 Å². The van der Waals surface area contributed by atoms with Gasteiger partial charge in [-0.05, 0) is 30.3 Å². The van der Waals surface area contributed by atoms with E-state index < -0.39 is 17.6 Å². The molecular weight excluding hydrogens is 419 g/mol. The highest BCUT2D eigenvalue weighted by Gasteiger charge is 2.36. The molecule has 0 bridgehead atoms. The van der Waals surface area contributed by atoms with Crippen molar-refractivity contribution >= 4 is 39.1 Å². The number of amides is 2. The number of anilines is 2. The molecule has 27 heavy (non-hydrogen) atoms. The first-order chi connectivity index (χ1) is 12.9. The molecule has 0 spiro atoms. The second-order valence-corrected chi connectivity index (χ2v) is 6.97. The molecule has 1 aliphatic rings. The molecule has 2 aromatic carbocycles. The maximum absolute atomic E-state index is 13.9. The largest absolute Gasteiger partial charge is 0.497 e. The molecule has 1 fully saturated rings. The molecule has 1 saturated heterocycles. The summed E-state index contributed by atoms with van der Waals surface area (Å²) in [6.45, 7) is 0.173. The van der Waals surface area contributed by atoms with Gasteiger partial charge in [-0.3, -0.25) is 9.59 Å². The van der Waals surface area contributed by atoms with Crippen molar-refractivity contribution in [2.24, 2.45) is 5.92 Å². The Hall–Kier alpha value is -2.61. The smallest absolute Gasteiger partial charge is 0.229 e. The molecular formula is C19H18BrFN2O4. The van der Waals surface area contributed by atoms with Gasteiger partial charge in [0, 0.05) is 23.5 Å². The first-order valence-corrected chi connectivity index (χ1v) is 9.00. The summed E-state index contributed by atoms with van der Waals surface area (Å²) in [5.74, 6) is -0.690. The molecule has 0 saturated carbocycles. The number of carbonyl (C=O) groups is 2. The van der Waals surface area contributed by atoms with Crippen LogP contribution in [0.4, 0.5) is 15.8 Å². The molecule has 2 aromatic rings. The third-order valence-corrected chi connectivity index (χ3v) is 4.85. The van der Waals surface area contributed by atoms with Crippen molar-refractivity contribution in [3.63, 3.8) is 0 Å². The van der Waals surface area contributed by atoms with Gasteiger partial charge in [-0.2, -0.15) is 0 Å². The van der Waals surface area contributed by atoms with Gasteiger partial charge in [0.25, 0.3) is 0 Å². The van der Waals surface area contributed by atoms with E-state index in [9.17, 15) is 14.0 Å². The molecule has 0 aromatic heterocycles. The molecule has 1 aliphatic heterocycles. The Kier molecular flexibility index (Phi) is 5.65. The minimum atomic E-state index is -0.601. The third kappa shape index (κ3) is 4.05. The molecule has 1 atom stereocenters. The number of ether oxygens (including phenoxy) is 2. The van der Waals surface area contributed by atoms with E-state index >= 15 is 0 Å². The molecule has 0 unspecified atom stereocenters. The molecule has 1 N–H and O–H groups in total. The fourth-order valence-electron chi connectivity index (χ4n) is 2.95. The number of hydrogen-bond donors (Lipinski definition) is 1. The molecule has 8 heteroatoms. The van der Waals surface area contributed by atoms with Gasteiger partial charge in [0.05, 0.1) is 31.5 Å². The minimum absolute atomic E-state index is 0.0321. The Morgan fingerprint density at radius 1 is 1.22 bits per heavy atom. The van der Waals surface area contributed by atoms with Gasteiger partial charge < -0.3 is 19.7 Å². The number of methoxy groups -OCH3 is 2. The van der Waals surface area contributed by atoms with Crippen molar-refractivity contribution in [3.05, 3.63) is 46.7 Å². The minimum Gasteiger partial charge on any atom is -0.497 e. The van der Waals surface area contributed by atoms with Crippen LogP contribution in [0.15, 0.2) is 40.9 Å². The number of nitrogens with zero attached hydrogens (tertiary/aromatic N) is 1. The van der Waals surface area contributed by atoms with Gasteiger partial charge in [-0.15, -0.1) is 0 Å². The Morgan fingerprint density at radius 3 is 2.67 bits per heavy atom. The van der Waals surface area contributed by atoms with E-state index in [2.05, 4.69) is 21.2 Å². The zero-order valence-electron chi connectivity index (χ0n) is 14.8. The van der Waals surface area contributed by atoms with Crippen molar-refractivity contribution in [2.75, 3.05) is 31.0 Å². The highest BCUT2D eigenvalue weighted by molar-refractivity contribution is 9.10. The van der Waals surface area contributed by atoms with Crippen LogP contribution in [-0.2, 0) is 9.59 Å². The lowest BCUT2D eigenvalue weighted by atomic mass is 10.1. The summed E-state index contributed by atoms with van der Waals surface area (Å²) in [6.07, 6.45) is 0.0321. The molecule has 0 radical (unpaired) electrons. The van der Waals surface area contributed by atoms with Crippen LogP contribution in [0.25, 0.3) is 0 Å². The molecule has 2 amide bonds. The van der Waals surface area contributed by atoms with E-state index in [1.165, 1.54) is 31.3 Å². The Morgan fingerprint density at radius 2 is 2.00 bits per heavy atom. The Labute approximate surface area is 164 Å². The highest BCUT2D eigenvalue weighted by Crippen LogP contribution is 2.36. The summed E-state index contributed by atoms with van der Waals surface area (Å²) < 4.78 is 25.0. The third-order valence-electron chi connectivity index (χ3n) is 4.36. The summed E-state index contributed by atoms with van der Waals surface area (Å²) in [6, 6.07) is 9.48. The van der Waals surface area contributed by atoms with Gasteiger partial charge in [0.15, 0.2) is 0 Å². The molecule has 142 valence electrons. The van der Waals surface area contributed by atoms with E-state index in [4.69, 9.17) is 9.47 Å². The van der Waals surface area contributed by atoms with Crippen LogP contribution in [0.3, 0.4) is 0 Å². The van der Waals surface area contributed by atoms with E-state index in [1.54, 1.807) is 24.3 Å². The molecule has 1 heterocycles. The number of hydrogen-bond acceptors (Lipinski definition) is 4. The second-order valence-electron chi connectivity index (χ2n) is 6.06. The average molecular weight is 437 g/mol. The van der Waals surface area contributed by atoms with Crippen molar-refractivity contribution < 1.29 is 23.5 Å². The van der Waals surface area contributed by atoms with E-state index in [0.29, 0.717) is 21.7 Å². The molecule has 3 rings (SSSR count). The first-order valence-electron chi connectivity index (χ1n) is 8.21. The zero-order chi connectivity index (χ0) is 19.6. The lowest BCUT2D eigenvalue weighted by molar-refractivity contribution is -0.122. The van der Waals surface area contributed by atoms with Crippen molar-refractivity contribution in [1.29, 1.82) is 0 Å². The van der Waals surface area contributed by atoms with E-state index in [-0.39, 0.29) is 24.6 Å². The van der Waals surface area contributed by atoms with E-state index in [0.717, 1.165) is 0 Å².